The van der Waals surface area contributed by atoms with Crippen molar-refractivity contribution in [2.24, 2.45) is 5.73 Å². The van der Waals surface area contributed by atoms with Crippen LogP contribution in [0.3, 0.4) is 0 Å². The summed E-state index contributed by atoms with van der Waals surface area (Å²) >= 11 is 5.78. The fraction of sp³-hybridized carbons (Fsp3) is 0.571. The summed E-state index contributed by atoms with van der Waals surface area (Å²) in [6, 6.07) is 3.48. The summed E-state index contributed by atoms with van der Waals surface area (Å²) in [6.45, 7) is 4.33. The highest BCUT2D eigenvalue weighted by Gasteiger charge is 2.32. The van der Waals surface area contributed by atoms with Crippen molar-refractivity contribution in [3.63, 3.8) is 0 Å². The van der Waals surface area contributed by atoms with E-state index in [1.807, 2.05) is 13.8 Å². The molecule has 0 aliphatic heterocycles. The van der Waals surface area contributed by atoms with Gasteiger partial charge in [0, 0.05) is 22.8 Å². The van der Waals surface area contributed by atoms with Crippen LogP contribution in [0.4, 0.5) is 18.9 Å². The van der Waals surface area contributed by atoms with Crippen LogP contribution < -0.4 is 11.1 Å². The lowest BCUT2D eigenvalue weighted by Crippen LogP contribution is -2.44. The molecule has 20 heavy (non-hydrogen) atoms. The normalized spacial score (nSPS) is 14.9. The zero-order valence-electron chi connectivity index (χ0n) is 11.6. The fourth-order valence-electron chi connectivity index (χ4n) is 2.24. The van der Waals surface area contributed by atoms with Crippen LogP contribution in [0.15, 0.2) is 18.2 Å². The van der Waals surface area contributed by atoms with E-state index >= 15 is 0 Å². The van der Waals surface area contributed by atoms with E-state index in [2.05, 4.69) is 5.32 Å². The van der Waals surface area contributed by atoms with E-state index in [4.69, 9.17) is 17.3 Å². The Labute approximate surface area is 122 Å². The lowest BCUT2D eigenvalue weighted by atomic mass is 9.90. The van der Waals surface area contributed by atoms with Gasteiger partial charge >= 0.3 is 6.18 Å². The first-order valence-electron chi connectivity index (χ1n) is 6.62. The van der Waals surface area contributed by atoms with Gasteiger partial charge in [-0.05, 0) is 31.0 Å². The molecule has 0 saturated carbocycles. The molecule has 0 bridgehead atoms. The van der Waals surface area contributed by atoms with Crippen LogP contribution >= 0.6 is 11.6 Å². The third kappa shape index (κ3) is 4.28. The Bertz CT molecular complexity index is 443. The van der Waals surface area contributed by atoms with E-state index in [1.54, 1.807) is 0 Å². The van der Waals surface area contributed by atoms with Crippen molar-refractivity contribution >= 4 is 17.3 Å². The Balaban J connectivity index is 3.10. The van der Waals surface area contributed by atoms with E-state index in [-0.39, 0.29) is 5.02 Å². The molecular formula is C14H20ClF3N2. The number of halogens is 4. The molecular weight excluding hydrogens is 289 g/mol. The summed E-state index contributed by atoms with van der Waals surface area (Å²) in [4.78, 5) is 0. The van der Waals surface area contributed by atoms with E-state index in [9.17, 15) is 13.2 Å². The molecule has 0 heterocycles. The van der Waals surface area contributed by atoms with Crippen molar-refractivity contribution in [1.82, 2.24) is 0 Å². The maximum Gasteiger partial charge on any atom is 0.416 e. The molecule has 1 aromatic carbocycles. The number of hydrogen-bond donors (Lipinski definition) is 2. The van der Waals surface area contributed by atoms with Gasteiger partial charge in [0.25, 0.3) is 0 Å². The molecule has 0 aliphatic rings. The molecule has 6 heteroatoms. The smallest absolute Gasteiger partial charge is 0.378 e. The van der Waals surface area contributed by atoms with Crippen LogP contribution in [-0.4, -0.2) is 12.1 Å². The minimum Gasteiger partial charge on any atom is -0.378 e. The van der Waals surface area contributed by atoms with Crippen molar-refractivity contribution in [3.05, 3.63) is 28.8 Å². The van der Waals surface area contributed by atoms with Gasteiger partial charge in [0.1, 0.15) is 0 Å². The average molecular weight is 309 g/mol. The number of alkyl halides is 3. The zero-order valence-corrected chi connectivity index (χ0v) is 12.4. The summed E-state index contributed by atoms with van der Waals surface area (Å²) < 4.78 is 38.3. The molecule has 1 rings (SSSR count). The van der Waals surface area contributed by atoms with Crippen molar-refractivity contribution < 1.29 is 13.2 Å². The second-order valence-electron chi connectivity index (χ2n) is 4.94. The molecule has 0 spiro atoms. The molecule has 2 nitrogen and oxygen atoms in total. The molecule has 1 unspecified atom stereocenters. The van der Waals surface area contributed by atoms with Gasteiger partial charge in [-0.25, -0.2) is 0 Å². The van der Waals surface area contributed by atoms with Crippen LogP contribution in [0.25, 0.3) is 0 Å². The number of hydrogen-bond acceptors (Lipinski definition) is 2. The highest BCUT2D eigenvalue weighted by atomic mass is 35.5. The molecule has 1 aromatic rings. The minimum atomic E-state index is -4.41. The summed E-state index contributed by atoms with van der Waals surface area (Å²) in [6.07, 6.45) is -2.01. The SMILES string of the molecule is CCCC(CC)(CN)Nc1cc(Cl)cc(C(F)(F)F)c1. The molecule has 0 fully saturated rings. The predicted molar refractivity (Wildman–Crippen MR) is 77.1 cm³/mol. The first-order valence-corrected chi connectivity index (χ1v) is 7.00. The quantitative estimate of drug-likeness (QED) is 0.801. The van der Waals surface area contributed by atoms with Crippen molar-refractivity contribution in [3.8, 4) is 0 Å². The molecule has 0 aromatic heterocycles. The second-order valence-corrected chi connectivity index (χ2v) is 5.38. The van der Waals surface area contributed by atoms with Crippen molar-refractivity contribution in [1.29, 1.82) is 0 Å². The highest BCUT2D eigenvalue weighted by Crippen LogP contribution is 2.34. The fourth-order valence-corrected chi connectivity index (χ4v) is 2.47. The van der Waals surface area contributed by atoms with Gasteiger partial charge in [-0.2, -0.15) is 13.2 Å². The number of anilines is 1. The van der Waals surface area contributed by atoms with Crippen LogP contribution in [0, 0.1) is 0 Å². The molecule has 0 amide bonds. The van der Waals surface area contributed by atoms with Gasteiger partial charge in [-0.3, -0.25) is 0 Å². The van der Waals surface area contributed by atoms with Gasteiger partial charge in [0.05, 0.1) is 5.56 Å². The van der Waals surface area contributed by atoms with Crippen molar-refractivity contribution in [2.75, 3.05) is 11.9 Å². The summed E-state index contributed by atoms with van der Waals surface area (Å²) in [5, 5.41) is 3.19. The van der Waals surface area contributed by atoms with E-state index in [0.29, 0.717) is 12.2 Å². The Morgan fingerprint density at radius 1 is 1.20 bits per heavy atom. The zero-order chi connectivity index (χ0) is 15.4. The monoisotopic (exact) mass is 308 g/mol. The van der Waals surface area contributed by atoms with Crippen molar-refractivity contribution in [2.45, 2.75) is 44.8 Å². The largest absolute Gasteiger partial charge is 0.416 e. The first-order chi connectivity index (χ1) is 9.26. The van der Waals surface area contributed by atoms with E-state index in [0.717, 1.165) is 31.4 Å². The molecule has 1 atom stereocenters. The molecule has 0 saturated heterocycles. The predicted octanol–water partition coefficient (Wildman–Crippen LogP) is 4.68. The molecule has 114 valence electrons. The van der Waals surface area contributed by atoms with Gasteiger partial charge in [-0.1, -0.05) is 31.9 Å². The minimum absolute atomic E-state index is 0.0563. The maximum atomic E-state index is 12.8. The lowest BCUT2D eigenvalue weighted by Gasteiger charge is -2.34. The van der Waals surface area contributed by atoms with Gasteiger partial charge in [-0.15, -0.1) is 0 Å². The van der Waals surface area contributed by atoms with Crippen LogP contribution in [0.2, 0.25) is 5.02 Å². The lowest BCUT2D eigenvalue weighted by molar-refractivity contribution is -0.137. The molecule has 0 aliphatic carbocycles. The summed E-state index contributed by atoms with van der Waals surface area (Å²) in [5.41, 5.74) is 4.99. The third-order valence-electron chi connectivity index (χ3n) is 3.43. The Kier molecular flexibility index (Phi) is 5.71. The molecule has 0 radical (unpaired) electrons. The topological polar surface area (TPSA) is 38.0 Å². The maximum absolute atomic E-state index is 12.8. The van der Waals surface area contributed by atoms with Gasteiger partial charge in [0.2, 0.25) is 0 Å². The highest BCUT2D eigenvalue weighted by molar-refractivity contribution is 6.30. The van der Waals surface area contributed by atoms with E-state index < -0.39 is 17.3 Å². The number of rotatable bonds is 6. The third-order valence-corrected chi connectivity index (χ3v) is 3.65. The summed E-state index contributed by atoms with van der Waals surface area (Å²) in [5.74, 6) is 0. The number of nitrogens with two attached hydrogens (primary N) is 1. The standard InChI is InChI=1S/C14H20ClF3N2/c1-3-5-13(4-2,9-19)20-12-7-10(14(16,17)18)6-11(15)8-12/h6-8,20H,3-5,9,19H2,1-2H3. The van der Waals surface area contributed by atoms with Gasteiger partial charge in [0.15, 0.2) is 0 Å². The Morgan fingerprint density at radius 3 is 2.30 bits per heavy atom. The summed E-state index contributed by atoms with van der Waals surface area (Å²) in [7, 11) is 0. The van der Waals surface area contributed by atoms with Crippen LogP contribution in [0.1, 0.15) is 38.7 Å². The van der Waals surface area contributed by atoms with Gasteiger partial charge < -0.3 is 11.1 Å². The number of benzene rings is 1. The Hall–Kier alpha value is -0.940. The molecule has 3 N–H and O–H groups in total. The number of nitrogens with one attached hydrogen (secondary N) is 1. The van der Waals surface area contributed by atoms with Crippen LogP contribution in [0.5, 0.6) is 0 Å². The average Bonchev–Trinajstić information content (AvgIpc) is 2.36. The Morgan fingerprint density at radius 2 is 1.85 bits per heavy atom. The first kappa shape index (κ1) is 17.1. The van der Waals surface area contributed by atoms with E-state index in [1.165, 1.54) is 6.07 Å². The van der Waals surface area contributed by atoms with Crippen LogP contribution in [-0.2, 0) is 6.18 Å². The second kappa shape index (κ2) is 6.68.